The summed E-state index contributed by atoms with van der Waals surface area (Å²) in [4.78, 5) is 49.4. The van der Waals surface area contributed by atoms with Crippen molar-refractivity contribution in [2.75, 3.05) is 13.1 Å². The molecule has 0 aromatic heterocycles. The molecule has 2 rings (SSSR count). The van der Waals surface area contributed by atoms with Gasteiger partial charge in [0.2, 0.25) is 11.8 Å². The maximum Gasteiger partial charge on any atom is 0.325 e. The van der Waals surface area contributed by atoms with E-state index in [0.717, 1.165) is 4.90 Å². The summed E-state index contributed by atoms with van der Waals surface area (Å²) in [7, 11) is 0. The fourth-order valence-corrected chi connectivity index (χ4v) is 3.27. The number of carbonyl (C=O) groups excluding carboxylic acids is 4. The molecule has 1 aromatic carbocycles. The van der Waals surface area contributed by atoms with Crippen LogP contribution in [0.15, 0.2) is 18.2 Å². The van der Waals surface area contributed by atoms with Crippen molar-refractivity contribution < 1.29 is 19.2 Å². The average Bonchev–Trinajstić information content (AvgIpc) is 2.76. The number of amides is 5. The van der Waals surface area contributed by atoms with Crippen LogP contribution in [0.2, 0.25) is 10.0 Å². The first kappa shape index (κ1) is 21.0. The molecule has 0 aliphatic carbocycles. The van der Waals surface area contributed by atoms with Crippen molar-refractivity contribution in [2.24, 2.45) is 0 Å². The summed E-state index contributed by atoms with van der Waals surface area (Å²) < 4.78 is 0. The van der Waals surface area contributed by atoms with Crippen LogP contribution in [-0.4, -0.2) is 47.8 Å². The van der Waals surface area contributed by atoms with Crippen molar-refractivity contribution in [1.82, 2.24) is 20.9 Å². The van der Waals surface area contributed by atoms with E-state index in [0.29, 0.717) is 10.6 Å². The molecule has 1 fully saturated rings. The lowest BCUT2D eigenvalue weighted by Gasteiger charge is -2.23. The first-order valence-electron chi connectivity index (χ1n) is 8.20. The molecule has 0 radical (unpaired) electrons. The van der Waals surface area contributed by atoms with Crippen LogP contribution in [0.1, 0.15) is 26.3 Å². The highest BCUT2D eigenvalue weighted by Crippen LogP contribution is 2.34. The number of urea groups is 1. The highest BCUT2D eigenvalue weighted by molar-refractivity contribution is 6.35. The van der Waals surface area contributed by atoms with Gasteiger partial charge in [-0.3, -0.25) is 19.3 Å². The molecule has 3 N–H and O–H groups in total. The third kappa shape index (κ3) is 4.70. The number of nitrogens with zero attached hydrogens (tertiary/aromatic N) is 1. The molecule has 0 spiro atoms. The highest BCUT2D eigenvalue weighted by Gasteiger charge is 2.50. The zero-order valence-corrected chi connectivity index (χ0v) is 16.6. The topological polar surface area (TPSA) is 108 Å². The predicted octanol–water partition coefficient (Wildman–Crippen LogP) is 1.40. The van der Waals surface area contributed by atoms with Gasteiger partial charge in [-0.1, -0.05) is 29.3 Å². The van der Waals surface area contributed by atoms with Crippen molar-refractivity contribution in [1.29, 1.82) is 0 Å². The van der Waals surface area contributed by atoms with Crippen molar-refractivity contribution >= 4 is 47.0 Å². The minimum atomic E-state index is -1.42. The Bertz CT molecular complexity index is 799. The van der Waals surface area contributed by atoms with Crippen LogP contribution in [0.3, 0.4) is 0 Å². The normalized spacial score (nSPS) is 19.3. The molecule has 1 aliphatic rings. The molecule has 10 heteroatoms. The van der Waals surface area contributed by atoms with Gasteiger partial charge >= 0.3 is 6.03 Å². The second-order valence-electron chi connectivity index (χ2n) is 6.57. The fraction of sp³-hybridized carbons (Fsp3) is 0.412. The summed E-state index contributed by atoms with van der Waals surface area (Å²) in [6, 6.07) is 3.77. The monoisotopic (exact) mass is 414 g/mol. The summed E-state index contributed by atoms with van der Waals surface area (Å²) in [6.45, 7) is 4.31. The number of hydrogen-bond acceptors (Lipinski definition) is 4. The van der Waals surface area contributed by atoms with E-state index in [2.05, 4.69) is 16.0 Å². The molecule has 5 amide bonds. The maximum atomic E-state index is 12.8. The number of nitrogens with one attached hydrogen (secondary N) is 3. The van der Waals surface area contributed by atoms with Gasteiger partial charge in [-0.15, -0.1) is 0 Å². The van der Waals surface area contributed by atoms with Crippen LogP contribution in [-0.2, 0) is 19.9 Å². The zero-order chi connectivity index (χ0) is 20.4. The quantitative estimate of drug-likeness (QED) is 0.611. The van der Waals surface area contributed by atoms with E-state index < -0.39 is 29.9 Å². The van der Waals surface area contributed by atoms with Crippen molar-refractivity contribution in [3.8, 4) is 0 Å². The maximum absolute atomic E-state index is 12.8. The Morgan fingerprint density at radius 2 is 1.89 bits per heavy atom. The van der Waals surface area contributed by atoms with E-state index in [9.17, 15) is 19.2 Å². The van der Waals surface area contributed by atoms with Gasteiger partial charge in [0.05, 0.1) is 6.54 Å². The smallest absolute Gasteiger partial charge is 0.325 e. The van der Waals surface area contributed by atoms with Crippen LogP contribution in [0, 0.1) is 0 Å². The fourth-order valence-electron chi connectivity index (χ4n) is 2.67. The van der Waals surface area contributed by atoms with Crippen LogP contribution in [0.25, 0.3) is 0 Å². The van der Waals surface area contributed by atoms with Crippen LogP contribution in [0.4, 0.5) is 4.79 Å². The highest BCUT2D eigenvalue weighted by atomic mass is 35.5. The largest absolute Gasteiger partial charge is 0.352 e. The zero-order valence-electron chi connectivity index (χ0n) is 15.1. The third-order valence-corrected chi connectivity index (χ3v) is 4.49. The number of halogens is 2. The average molecular weight is 415 g/mol. The standard InChI is InChI=1S/C17H20Cl2N4O4/c1-9(2)21-13(24)7-20-14(25)8-23-15(26)17(3,22-16(23)27)11-5-4-10(18)6-12(11)19/h4-6,9H,7-8H2,1-3H3,(H,20,25)(H,21,24)(H,22,27)/t17-/m1/s1. The summed E-state index contributed by atoms with van der Waals surface area (Å²) in [6.07, 6.45) is 0. The van der Waals surface area contributed by atoms with E-state index in [1.54, 1.807) is 26.0 Å². The van der Waals surface area contributed by atoms with Gasteiger partial charge in [0, 0.05) is 21.7 Å². The van der Waals surface area contributed by atoms with E-state index in [1.807, 2.05) is 0 Å². The van der Waals surface area contributed by atoms with Crippen molar-refractivity contribution in [3.05, 3.63) is 33.8 Å². The van der Waals surface area contributed by atoms with Crippen LogP contribution >= 0.6 is 23.2 Å². The lowest BCUT2D eigenvalue weighted by Crippen LogP contribution is -2.46. The molecule has 146 valence electrons. The lowest BCUT2D eigenvalue weighted by molar-refractivity contribution is -0.135. The minimum Gasteiger partial charge on any atom is -0.352 e. The molecular formula is C17H20Cl2N4O4. The van der Waals surface area contributed by atoms with Gasteiger partial charge in [-0.2, -0.15) is 0 Å². The van der Waals surface area contributed by atoms with Gasteiger partial charge in [0.25, 0.3) is 5.91 Å². The Hall–Kier alpha value is -2.32. The second-order valence-corrected chi connectivity index (χ2v) is 7.41. The first-order chi connectivity index (χ1) is 12.5. The Kier molecular flexibility index (Phi) is 6.33. The van der Waals surface area contributed by atoms with Crippen LogP contribution < -0.4 is 16.0 Å². The molecule has 1 heterocycles. The number of hydrogen-bond donors (Lipinski definition) is 3. The molecule has 0 saturated carbocycles. The molecule has 0 unspecified atom stereocenters. The minimum absolute atomic E-state index is 0.0647. The summed E-state index contributed by atoms with van der Waals surface area (Å²) in [5.74, 6) is -1.63. The van der Waals surface area contributed by atoms with Gasteiger partial charge < -0.3 is 16.0 Å². The van der Waals surface area contributed by atoms with E-state index in [4.69, 9.17) is 23.2 Å². The Labute approximate surface area is 166 Å². The first-order valence-corrected chi connectivity index (χ1v) is 8.96. The molecule has 1 saturated heterocycles. The van der Waals surface area contributed by atoms with Crippen molar-refractivity contribution in [2.45, 2.75) is 32.4 Å². The Morgan fingerprint density at radius 1 is 1.22 bits per heavy atom. The van der Waals surface area contributed by atoms with Crippen LogP contribution in [0.5, 0.6) is 0 Å². The lowest BCUT2D eigenvalue weighted by atomic mass is 9.92. The van der Waals surface area contributed by atoms with Gasteiger partial charge in [0.15, 0.2) is 0 Å². The summed E-state index contributed by atoms with van der Waals surface area (Å²) in [5.41, 5.74) is -1.06. The van der Waals surface area contributed by atoms with E-state index in [-0.39, 0.29) is 23.5 Å². The Morgan fingerprint density at radius 3 is 2.48 bits per heavy atom. The second kappa shape index (κ2) is 8.14. The van der Waals surface area contributed by atoms with Gasteiger partial charge in [-0.05, 0) is 32.9 Å². The summed E-state index contributed by atoms with van der Waals surface area (Å²) >= 11 is 12.0. The van der Waals surface area contributed by atoms with E-state index >= 15 is 0 Å². The van der Waals surface area contributed by atoms with Gasteiger partial charge in [0.1, 0.15) is 12.1 Å². The van der Waals surface area contributed by atoms with E-state index in [1.165, 1.54) is 13.0 Å². The number of carbonyl (C=O) groups is 4. The third-order valence-electron chi connectivity index (χ3n) is 3.94. The molecule has 1 atom stereocenters. The number of benzene rings is 1. The molecular weight excluding hydrogens is 395 g/mol. The molecule has 1 aliphatic heterocycles. The SMILES string of the molecule is CC(C)NC(=O)CNC(=O)CN1C(=O)N[C@](C)(c2ccc(Cl)cc2Cl)C1=O. The molecule has 0 bridgehead atoms. The molecule has 1 aromatic rings. The number of rotatable bonds is 6. The van der Waals surface area contributed by atoms with Crippen molar-refractivity contribution in [3.63, 3.8) is 0 Å². The summed E-state index contributed by atoms with van der Waals surface area (Å²) in [5, 5.41) is 8.15. The predicted molar refractivity (Wildman–Crippen MR) is 100 cm³/mol. The number of imide groups is 1. The molecule has 8 nitrogen and oxygen atoms in total. The van der Waals surface area contributed by atoms with Gasteiger partial charge in [-0.25, -0.2) is 4.79 Å². The Balaban J connectivity index is 2.07. The molecule has 27 heavy (non-hydrogen) atoms.